The normalized spacial score (nSPS) is 10.5. The smallest absolute Gasteiger partial charge is 1.00 e. The molecular formula is C8H18LiNO. The van der Waals surface area contributed by atoms with E-state index in [1.807, 2.05) is 0 Å². The average Bonchev–Trinajstić information content (AvgIpc) is 1.81. The van der Waals surface area contributed by atoms with Crippen molar-refractivity contribution in [1.29, 1.82) is 0 Å². The first-order valence-corrected chi connectivity index (χ1v) is 3.79. The van der Waals surface area contributed by atoms with Crippen molar-refractivity contribution in [2.45, 2.75) is 39.8 Å². The summed E-state index contributed by atoms with van der Waals surface area (Å²) in [5, 5.41) is 0. The van der Waals surface area contributed by atoms with Crippen LogP contribution in [0.4, 0.5) is 0 Å². The minimum absolute atomic E-state index is 0. The molecule has 0 atom stereocenters. The van der Waals surface area contributed by atoms with Crippen molar-refractivity contribution in [3.05, 3.63) is 0 Å². The van der Waals surface area contributed by atoms with Crippen molar-refractivity contribution < 1.29 is 25.1 Å². The Kier molecular flexibility index (Phi) is 8.66. The summed E-state index contributed by atoms with van der Waals surface area (Å²) in [6.07, 6.45) is 0.958. The van der Waals surface area contributed by atoms with Gasteiger partial charge in [-0.05, 0) is 27.7 Å². The van der Waals surface area contributed by atoms with E-state index in [1.165, 1.54) is 0 Å². The molecule has 0 spiro atoms. The third-order valence-corrected chi connectivity index (χ3v) is 1.61. The quantitative estimate of drug-likeness (QED) is 0.357. The summed E-state index contributed by atoms with van der Waals surface area (Å²) in [5.74, 6) is 0. The fourth-order valence-electron chi connectivity index (χ4n) is 1.10. The maximum absolute atomic E-state index is 10.2. The Morgan fingerprint density at radius 1 is 1.27 bits per heavy atom. The Morgan fingerprint density at radius 3 is 1.73 bits per heavy atom. The first kappa shape index (κ1) is 13.8. The maximum atomic E-state index is 10.2. The van der Waals surface area contributed by atoms with Crippen LogP contribution in [0.15, 0.2) is 0 Å². The van der Waals surface area contributed by atoms with Crippen molar-refractivity contribution >= 4 is 6.29 Å². The molecule has 0 fully saturated rings. The SMILES string of the molecule is CC(C)N(CC=O)C(C)C.[H-].[Li+]. The van der Waals surface area contributed by atoms with Crippen LogP contribution >= 0.6 is 0 Å². The van der Waals surface area contributed by atoms with Crippen LogP contribution in [0.25, 0.3) is 0 Å². The van der Waals surface area contributed by atoms with Gasteiger partial charge in [-0.1, -0.05) is 0 Å². The molecule has 0 aliphatic carbocycles. The molecule has 0 saturated heterocycles. The van der Waals surface area contributed by atoms with Gasteiger partial charge in [-0.15, -0.1) is 0 Å². The number of hydrogen-bond donors (Lipinski definition) is 0. The Bertz CT molecular complexity index is 101. The van der Waals surface area contributed by atoms with E-state index in [2.05, 4.69) is 32.6 Å². The van der Waals surface area contributed by atoms with Crippen molar-refractivity contribution in [2.24, 2.45) is 0 Å². The molecule has 0 rings (SSSR count). The topological polar surface area (TPSA) is 20.3 Å². The van der Waals surface area contributed by atoms with Crippen LogP contribution in [0, 0.1) is 0 Å². The van der Waals surface area contributed by atoms with Crippen LogP contribution in [-0.4, -0.2) is 29.8 Å². The second kappa shape index (κ2) is 6.91. The maximum Gasteiger partial charge on any atom is 1.00 e. The molecule has 2 nitrogen and oxygen atoms in total. The van der Waals surface area contributed by atoms with Crippen LogP contribution in [0.1, 0.15) is 29.1 Å². The summed E-state index contributed by atoms with van der Waals surface area (Å²) >= 11 is 0. The summed E-state index contributed by atoms with van der Waals surface area (Å²) in [6.45, 7) is 8.95. The standard InChI is InChI=1S/C8H17NO.Li.H/c1-7(2)9(5-6-10)8(3)4;;/h6-8H,5H2,1-4H3;;/q;+1;-1. The molecule has 0 saturated carbocycles. The molecule has 0 aromatic carbocycles. The molecule has 0 heterocycles. The van der Waals surface area contributed by atoms with Gasteiger partial charge in [-0.3, -0.25) is 4.90 Å². The van der Waals surface area contributed by atoms with E-state index in [9.17, 15) is 4.79 Å². The Balaban J connectivity index is -0.000000405. The number of carbonyl (C=O) groups excluding carboxylic acids is 1. The second-order valence-corrected chi connectivity index (χ2v) is 3.05. The minimum atomic E-state index is 0. The van der Waals surface area contributed by atoms with E-state index in [4.69, 9.17) is 0 Å². The zero-order valence-electron chi connectivity index (χ0n) is 9.29. The molecule has 11 heavy (non-hydrogen) atoms. The Labute approximate surface area is 83.0 Å². The number of hydrogen-bond acceptors (Lipinski definition) is 2. The minimum Gasteiger partial charge on any atom is -1.00 e. The van der Waals surface area contributed by atoms with Gasteiger partial charge in [0.15, 0.2) is 0 Å². The zero-order valence-corrected chi connectivity index (χ0v) is 8.29. The van der Waals surface area contributed by atoms with E-state index in [0.29, 0.717) is 18.6 Å². The molecule has 0 N–H and O–H groups in total. The van der Waals surface area contributed by atoms with Crippen LogP contribution in [0.2, 0.25) is 0 Å². The van der Waals surface area contributed by atoms with Crippen molar-refractivity contribution in [3.63, 3.8) is 0 Å². The van der Waals surface area contributed by atoms with Gasteiger partial charge in [0.05, 0.1) is 6.54 Å². The van der Waals surface area contributed by atoms with Gasteiger partial charge in [0.25, 0.3) is 0 Å². The number of aldehydes is 1. The predicted molar refractivity (Wildman–Crippen MR) is 44.2 cm³/mol. The van der Waals surface area contributed by atoms with Gasteiger partial charge in [-0.2, -0.15) is 0 Å². The molecule has 0 bridgehead atoms. The van der Waals surface area contributed by atoms with Crippen LogP contribution in [0.3, 0.4) is 0 Å². The van der Waals surface area contributed by atoms with Gasteiger partial charge in [-0.25, -0.2) is 0 Å². The monoisotopic (exact) mass is 151 g/mol. The molecular weight excluding hydrogens is 133 g/mol. The molecule has 0 aromatic heterocycles. The Morgan fingerprint density at radius 2 is 1.64 bits per heavy atom. The van der Waals surface area contributed by atoms with Crippen LogP contribution in [0.5, 0.6) is 0 Å². The van der Waals surface area contributed by atoms with E-state index in [0.717, 1.165) is 6.29 Å². The molecule has 3 heteroatoms. The summed E-state index contributed by atoms with van der Waals surface area (Å²) in [5.41, 5.74) is 0. The predicted octanol–water partition coefficient (Wildman–Crippen LogP) is -1.58. The number of carbonyl (C=O) groups is 1. The average molecular weight is 151 g/mol. The molecule has 62 valence electrons. The zero-order chi connectivity index (χ0) is 8.15. The third kappa shape index (κ3) is 5.49. The molecule has 0 unspecified atom stereocenters. The van der Waals surface area contributed by atoms with Gasteiger partial charge in [0.1, 0.15) is 6.29 Å². The van der Waals surface area contributed by atoms with E-state index < -0.39 is 0 Å². The van der Waals surface area contributed by atoms with Crippen LogP contribution in [-0.2, 0) is 4.79 Å². The van der Waals surface area contributed by atoms with Gasteiger partial charge in [0.2, 0.25) is 0 Å². The molecule has 0 aliphatic rings. The second-order valence-electron chi connectivity index (χ2n) is 3.05. The fraction of sp³-hybridized carbons (Fsp3) is 0.875. The molecule has 0 aromatic rings. The van der Waals surface area contributed by atoms with Crippen LogP contribution < -0.4 is 18.9 Å². The van der Waals surface area contributed by atoms with E-state index in [-0.39, 0.29) is 20.3 Å². The summed E-state index contributed by atoms with van der Waals surface area (Å²) in [7, 11) is 0. The Hall–Kier alpha value is 0.227. The van der Waals surface area contributed by atoms with Gasteiger partial charge in [0, 0.05) is 12.1 Å². The number of nitrogens with zero attached hydrogens (tertiary/aromatic N) is 1. The summed E-state index contributed by atoms with van der Waals surface area (Å²) in [4.78, 5) is 12.3. The molecule has 0 aliphatic heterocycles. The van der Waals surface area contributed by atoms with E-state index >= 15 is 0 Å². The summed E-state index contributed by atoms with van der Waals surface area (Å²) < 4.78 is 0. The van der Waals surface area contributed by atoms with Crippen molar-refractivity contribution in [3.8, 4) is 0 Å². The number of rotatable bonds is 4. The van der Waals surface area contributed by atoms with E-state index in [1.54, 1.807) is 0 Å². The third-order valence-electron chi connectivity index (χ3n) is 1.61. The van der Waals surface area contributed by atoms with Gasteiger partial charge < -0.3 is 6.22 Å². The van der Waals surface area contributed by atoms with Gasteiger partial charge >= 0.3 is 18.9 Å². The largest absolute Gasteiger partial charge is 1.00 e. The molecule has 0 radical (unpaired) electrons. The van der Waals surface area contributed by atoms with Crippen molar-refractivity contribution in [1.82, 2.24) is 4.90 Å². The first-order valence-electron chi connectivity index (χ1n) is 3.79. The first-order chi connectivity index (χ1) is 4.59. The summed E-state index contributed by atoms with van der Waals surface area (Å²) in [6, 6.07) is 0.926. The fourth-order valence-corrected chi connectivity index (χ4v) is 1.10. The molecule has 0 amide bonds. The van der Waals surface area contributed by atoms with Crippen molar-refractivity contribution in [2.75, 3.05) is 6.54 Å².